The third-order valence-corrected chi connectivity index (χ3v) is 6.30. The van der Waals surface area contributed by atoms with E-state index in [0.29, 0.717) is 23.6 Å². The van der Waals surface area contributed by atoms with Crippen molar-refractivity contribution < 1.29 is 24.3 Å². The molecule has 33 heavy (non-hydrogen) atoms. The van der Waals surface area contributed by atoms with Gasteiger partial charge in [-0.25, -0.2) is 9.78 Å². The Balaban J connectivity index is 2.91. The van der Waals surface area contributed by atoms with Gasteiger partial charge in [0.25, 0.3) is 0 Å². The van der Waals surface area contributed by atoms with Gasteiger partial charge in [0.2, 0.25) is 17.7 Å². The molecule has 1 aromatic heterocycles. The van der Waals surface area contributed by atoms with E-state index in [1.165, 1.54) is 36.0 Å². The number of imidazole rings is 1. The number of carbonyl (C=O) groups excluding carboxylic acids is 3. The summed E-state index contributed by atoms with van der Waals surface area (Å²) in [5, 5.41) is 17.3. The van der Waals surface area contributed by atoms with Crippen molar-refractivity contribution >= 4 is 59.8 Å². The summed E-state index contributed by atoms with van der Waals surface area (Å²) in [6, 6.07) is -3.93. The third kappa shape index (κ3) is 10.7. The van der Waals surface area contributed by atoms with Crippen molar-refractivity contribution in [3.8, 4) is 0 Å². The van der Waals surface area contributed by atoms with Gasteiger partial charge in [0.05, 0.1) is 12.4 Å². The number of nitrogens with two attached hydrogens (primary N) is 1. The van der Waals surface area contributed by atoms with Crippen LogP contribution in [-0.4, -0.2) is 92.7 Å². The molecule has 0 saturated heterocycles. The molecule has 4 atom stereocenters. The maximum absolute atomic E-state index is 12.9. The molecule has 0 bridgehead atoms. The fourth-order valence-electron chi connectivity index (χ4n) is 2.73. The number of nitrogens with zero attached hydrogens (tertiary/aromatic N) is 1. The average Bonchev–Trinajstić information content (AvgIpc) is 3.30. The summed E-state index contributed by atoms with van der Waals surface area (Å²) in [5.41, 5.74) is 6.24. The van der Waals surface area contributed by atoms with Crippen LogP contribution in [0.2, 0.25) is 0 Å². The summed E-state index contributed by atoms with van der Waals surface area (Å²) >= 11 is 6.99. The Labute approximate surface area is 207 Å². The lowest BCUT2D eigenvalue weighted by Gasteiger charge is -2.25. The van der Waals surface area contributed by atoms with Crippen LogP contribution in [0.1, 0.15) is 18.5 Å². The van der Waals surface area contributed by atoms with Crippen molar-refractivity contribution in [1.29, 1.82) is 0 Å². The van der Waals surface area contributed by atoms with Crippen molar-refractivity contribution in [3.05, 3.63) is 18.2 Å². The number of carbonyl (C=O) groups is 4. The van der Waals surface area contributed by atoms with Crippen LogP contribution in [-0.2, 0) is 25.6 Å². The van der Waals surface area contributed by atoms with E-state index >= 15 is 0 Å². The minimum atomic E-state index is -1.21. The lowest BCUT2D eigenvalue weighted by Crippen LogP contribution is -2.57. The van der Waals surface area contributed by atoms with E-state index in [1.807, 2.05) is 12.5 Å². The predicted octanol–water partition coefficient (Wildman–Crippen LogP) is -0.745. The van der Waals surface area contributed by atoms with Gasteiger partial charge in [-0.3, -0.25) is 14.4 Å². The molecule has 0 saturated carbocycles. The highest BCUT2D eigenvalue weighted by atomic mass is 32.2. The van der Waals surface area contributed by atoms with E-state index in [0.717, 1.165) is 0 Å². The second kappa shape index (κ2) is 15.9. The molecule has 7 N–H and O–H groups in total. The summed E-state index contributed by atoms with van der Waals surface area (Å²) < 4.78 is 0. The first kappa shape index (κ1) is 29.1. The SMILES string of the molecule is CSCCC(NC(=O)C(N)CS)C(=O)NC(CCSC)C(=O)NC(Cc1cnc[nH]1)C(=O)O. The van der Waals surface area contributed by atoms with Crippen LogP contribution in [0.3, 0.4) is 0 Å². The fraction of sp³-hybridized carbons (Fsp3) is 0.632. The van der Waals surface area contributed by atoms with Crippen LogP contribution in [0.4, 0.5) is 0 Å². The monoisotopic (exact) mass is 520 g/mol. The standard InChI is InChI=1S/C19H32N6O5S3/c1-32-5-3-13(23-16(26)12(20)9-31)17(27)24-14(4-6-33-2)18(28)25-15(19(29)30)7-11-8-21-10-22-11/h8,10,12-15,31H,3-7,9,20H2,1-2H3,(H,21,22)(H,23,26)(H,24,27)(H,25,28)(H,29,30). The predicted molar refractivity (Wildman–Crippen MR) is 134 cm³/mol. The van der Waals surface area contributed by atoms with Crippen LogP contribution >= 0.6 is 36.2 Å². The number of aliphatic carboxylic acids is 1. The average molecular weight is 521 g/mol. The Kier molecular flexibility index (Phi) is 14.0. The zero-order valence-corrected chi connectivity index (χ0v) is 21.1. The molecule has 1 aromatic rings. The lowest BCUT2D eigenvalue weighted by molar-refractivity contribution is -0.142. The van der Waals surface area contributed by atoms with E-state index in [2.05, 4.69) is 38.5 Å². The van der Waals surface area contributed by atoms with Crippen molar-refractivity contribution in [2.24, 2.45) is 5.73 Å². The molecule has 3 amide bonds. The van der Waals surface area contributed by atoms with Gasteiger partial charge in [-0.2, -0.15) is 36.2 Å². The zero-order chi connectivity index (χ0) is 24.8. The quantitative estimate of drug-likeness (QED) is 0.138. The second-order valence-corrected chi connectivity index (χ2v) is 9.49. The molecule has 4 unspecified atom stereocenters. The van der Waals surface area contributed by atoms with Crippen LogP contribution in [0, 0.1) is 0 Å². The van der Waals surface area contributed by atoms with Crippen molar-refractivity contribution in [2.45, 2.75) is 43.4 Å². The highest BCUT2D eigenvalue weighted by molar-refractivity contribution is 7.98. The minimum Gasteiger partial charge on any atom is -0.480 e. The van der Waals surface area contributed by atoms with Crippen molar-refractivity contribution in [3.63, 3.8) is 0 Å². The molecule has 11 nitrogen and oxygen atoms in total. The minimum absolute atomic E-state index is 0.0122. The van der Waals surface area contributed by atoms with Crippen LogP contribution in [0.25, 0.3) is 0 Å². The molecule has 0 fully saturated rings. The number of carboxylic acids is 1. The number of rotatable bonds is 16. The normalized spacial score (nSPS) is 14.5. The summed E-state index contributed by atoms with van der Waals surface area (Å²) in [5.74, 6) is -1.60. The molecule has 0 aromatic carbocycles. The van der Waals surface area contributed by atoms with Gasteiger partial charge in [0.15, 0.2) is 0 Å². The first-order valence-electron chi connectivity index (χ1n) is 10.2. The Morgan fingerprint density at radius 1 is 1.03 bits per heavy atom. The van der Waals surface area contributed by atoms with E-state index in [-0.39, 0.29) is 18.6 Å². The number of amides is 3. The molecular weight excluding hydrogens is 488 g/mol. The number of hydrogen-bond acceptors (Lipinski definition) is 9. The van der Waals surface area contributed by atoms with Gasteiger partial charge < -0.3 is 31.8 Å². The van der Waals surface area contributed by atoms with Gasteiger partial charge in [-0.05, 0) is 36.9 Å². The second-order valence-electron chi connectivity index (χ2n) is 7.15. The highest BCUT2D eigenvalue weighted by Gasteiger charge is 2.30. The third-order valence-electron chi connectivity index (χ3n) is 4.61. The molecule has 0 aliphatic rings. The highest BCUT2D eigenvalue weighted by Crippen LogP contribution is 2.07. The molecule has 1 heterocycles. The van der Waals surface area contributed by atoms with Gasteiger partial charge in [-0.15, -0.1) is 0 Å². The van der Waals surface area contributed by atoms with Crippen LogP contribution in [0.5, 0.6) is 0 Å². The van der Waals surface area contributed by atoms with E-state index in [4.69, 9.17) is 5.73 Å². The number of thioether (sulfide) groups is 2. The number of hydrogen-bond donors (Lipinski definition) is 7. The van der Waals surface area contributed by atoms with Gasteiger partial charge in [-0.1, -0.05) is 0 Å². The van der Waals surface area contributed by atoms with Crippen LogP contribution in [0.15, 0.2) is 12.5 Å². The van der Waals surface area contributed by atoms with E-state index < -0.39 is 47.9 Å². The number of H-pyrrole nitrogens is 1. The number of nitrogens with one attached hydrogen (secondary N) is 4. The Hall–Kier alpha value is -1.90. The summed E-state index contributed by atoms with van der Waals surface area (Å²) in [7, 11) is 0. The van der Waals surface area contributed by atoms with Crippen molar-refractivity contribution in [1.82, 2.24) is 25.9 Å². The molecule has 0 aliphatic heterocycles. The summed E-state index contributed by atoms with van der Waals surface area (Å²) in [4.78, 5) is 56.3. The van der Waals surface area contributed by atoms with E-state index in [1.54, 1.807) is 0 Å². The topological polar surface area (TPSA) is 179 Å². The number of aromatic nitrogens is 2. The van der Waals surface area contributed by atoms with Gasteiger partial charge in [0, 0.05) is 24.1 Å². The smallest absolute Gasteiger partial charge is 0.326 e. The molecule has 14 heteroatoms. The number of aromatic amines is 1. The molecule has 0 radical (unpaired) electrons. The molecular formula is C19H32N6O5S3. The Morgan fingerprint density at radius 2 is 1.55 bits per heavy atom. The van der Waals surface area contributed by atoms with Gasteiger partial charge in [0.1, 0.15) is 18.1 Å². The Morgan fingerprint density at radius 3 is 1.97 bits per heavy atom. The summed E-state index contributed by atoms with van der Waals surface area (Å²) in [6.07, 6.45) is 7.26. The molecule has 186 valence electrons. The van der Waals surface area contributed by atoms with Crippen LogP contribution < -0.4 is 21.7 Å². The summed E-state index contributed by atoms with van der Waals surface area (Å²) in [6.45, 7) is 0. The lowest BCUT2D eigenvalue weighted by atomic mass is 10.1. The first-order valence-corrected chi connectivity index (χ1v) is 13.6. The number of thiol groups is 1. The van der Waals surface area contributed by atoms with E-state index in [9.17, 15) is 24.3 Å². The molecule has 0 aliphatic carbocycles. The maximum atomic E-state index is 12.9. The largest absolute Gasteiger partial charge is 0.480 e. The Bertz CT molecular complexity index is 767. The maximum Gasteiger partial charge on any atom is 0.326 e. The van der Waals surface area contributed by atoms with Crippen molar-refractivity contribution in [2.75, 3.05) is 29.8 Å². The zero-order valence-electron chi connectivity index (χ0n) is 18.6. The molecule has 0 spiro atoms. The number of carboxylic acid groups (broad SMARTS) is 1. The van der Waals surface area contributed by atoms with Gasteiger partial charge >= 0.3 is 5.97 Å². The molecule has 1 rings (SSSR count). The first-order chi connectivity index (χ1) is 15.7. The fourth-order valence-corrected chi connectivity index (χ4v) is 3.84.